The molecule has 1 amide bonds. The third-order valence-electron chi connectivity index (χ3n) is 3.63. The average molecular weight is 302 g/mol. The molecule has 0 aliphatic carbocycles. The molecule has 21 heavy (non-hydrogen) atoms. The van der Waals surface area contributed by atoms with E-state index in [2.05, 4.69) is 5.32 Å². The van der Waals surface area contributed by atoms with E-state index in [1.165, 1.54) is 0 Å². The van der Waals surface area contributed by atoms with Gasteiger partial charge in [-0.05, 0) is 42.7 Å². The first-order chi connectivity index (χ1) is 10.1. The average Bonchev–Trinajstić information content (AvgIpc) is 2.49. The molecule has 1 aliphatic rings. The van der Waals surface area contributed by atoms with Crippen LogP contribution in [0.15, 0.2) is 42.5 Å². The number of halogens is 1. The highest BCUT2D eigenvalue weighted by Gasteiger charge is 2.26. The Balaban J connectivity index is 1.72. The molecule has 1 aliphatic heterocycles. The number of hydrogen-bond acceptors (Lipinski definition) is 2. The zero-order valence-corrected chi connectivity index (χ0v) is 12.5. The lowest BCUT2D eigenvalue weighted by molar-refractivity contribution is -0.121. The minimum absolute atomic E-state index is 0.0599. The maximum Gasteiger partial charge on any atom is 0.231 e. The number of fused-ring (bicyclic) bond motifs is 1. The molecule has 1 N–H and O–H groups in total. The predicted octanol–water partition coefficient (Wildman–Crippen LogP) is 3.84. The number of nitrogens with one attached hydrogen (secondary N) is 1. The van der Waals surface area contributed by atoms with Gasteiger partial charge < -0.3 is 10.1 Å². The van der Waals surface area contributed by atoms with Gasteiger partial charge in [0, 0.05) is 0 Å². The van der Waals surface area contributed by atoms with Crippen LogP contribution >= 0.6 is 11.6 Å². The second-order valence-corrected chi connectivity index (χ2v) is 5.70. The maximum absolute atomic E-state index is 12.4. The number of anilines is 1. The van der Waals surface area contributed by atoms with Crippen molar-refractivity contribution < 1.29 is 9.53 Å². The highest BCUT2D eigenvalue weighted by molar-refractivity contribution is 6.33. The topological polar surface area (TPSA) is 38.3 Å². The van der Waals surface area contributed by atoms with Crippen LogP contribution in [0.25, 0.3) is 0 Å². The molecular weight excluding hydrogens is 286 g/mol. The minimum atomic E-state index is -0.197. The molecular formula is C17H16ClNO2. The Morgan fingerprint density at radius 3 is 2.90 bits per heavy atom. The van der Waals surface area contributed by atoms with Crippen molar-refractivity contribution in [1.29, 1.82) is 0 Å². The second kappa shape index (κ2) is 5.78. The summed E-state index contributed by atoms with van der Waals surface area (Å²) in [7, 11) is 0. The van der Waals surface area contributed by atoms with E-state index in [0.29, 0.717) is 23.7 Å². The van der Waals surface area contributed by atoms with Gasteiger partial charge in [0.05, 0.1) is 16.6 Å². The molecule has 4 heteroatoms. The van der Waals surface area contributed by atoms with Gasteiger partial charge in [0.25, 0.3) is 0 Å². The highest BCUT2D eigenvalue weighted by atomic mass is 35.5. The molecule has 108 valence electrons. The van der Waals surface area contributed by atoms with Crippen molar-refractivity contribution in [3.8, 4) is 5.75 Å². The van der Waals surface area contributed by atoms with E-state index in [9.17, 15) is 4.79 Å². The summed E-state index contributed by atoms with van der Waals surface area (Å²) in [5.74, 6) is 0.613. The summed E-state index contributed by atoms with van der Waals surface area (Å²) in [5, 5.41) is 3.44. The largest absolute Gasteiger partial charge is 0.492 e. The quantitative estimate of drug-likeness (QED) is 0.915. The maximum atomic E-state index is 12.4. The summed E-state index contributed by atoms with van der Waals surface area (Å²) < 4.78 is 5.65. The Morgan fingerprint density at radius 2 is 2.10 bits per heavy atom. The molecule has 0 bridgehead atoms. The Hall–Kier alpha value is -2.00. The van der Waals surface area contributed by atoms with E-state index >= 15 is 0 Å². The molecule has 0 aromatic heterocycles. The Bertz CT molecular complexity index is 684. The van der Waals surface area contributed by atoms with Crippen LogP contribution in [0.4, 0.5) is 5.69 Å². The minimum Gasteiger partial charge on any atom is -0.492 e. The smallest absolute Gasteiger partial charge is 0.231 e. The number of amides is 1. The summed E-state index contributed by atoms with van der Waals surface area (Å²) in [4.78, 5) is 12.4. The first-order valence-electron chi connectivity index (χ1n) is 6.91. The van der Waals surface area contributed by atoms with Crippen LogP contribution in [0.3, 0.4) is 0 Å². The lowest BCUT2D eigenvalue weighted by atomic mass is 9.96. The fourth-order valence-electron chi connectivity index (χ4n) is 2.45. The van der Waals surface area contributed by atoms with E-state index in [1.807, 2.05) is 49.4 Å². The molecule has 0 spiro atoms. The van der Waals surface area contributed by atoms with Crippen LogP contribution in [0.5, 0.6) is 5.75 Å². The van der Waals surface area contributed by atoms with Crippen LogP contribution < -0.4 is 10.1 Å². The molecule has 0 saturated heterocycles. The molecule has 2 aromatic carbocycles. The van der Waals surface area contributed by atoms with Crippen molar-refractivity contribution in [1.82, 2.24) is 0 Å². The number of aryl methyl sites for hydroxylation is 1. The van der Waals surface area contributed by atoms with Crippen LogP contribution in [0.2, 0.25) is 5.02 Å². The highest BCUT2D eigenvalue weighted by Crippen LogP contribution is 2.28. The number of benzene rings is 2. The number of ether oxygens (including phenoxy) is 1. The molecule has 3 nitrogen and oxygen atoms in total. The van der Waals surface area contributed by atoms with Gasteiger partial charge in [-0.2, -0.15) is 0 Å². The summed E-state index contributed by atoms with van der Waals surface area (Å²) >= 11 is 6.15. The monoisotopic (exact) mass is 301 g/mol. The Labute approximate surface area is 128 Å². The molecule has 2 aromatic rings. The van der Waals surface area contributed by atoms with Crippen LogP contribution in [0.1, 0.15) is 11.1 Å². The zero-order chi connectivity index (χ0) is 14.8. The number of hydrogen-bond donors (Lipinski definition) is 1. The molecule has 3 rings (SSSR count). The Morgan fingerprint density at radius 1 is 1.29 bits per heavy atom. The fourth-order valence-corrected chi connectivity index (χ4v) is 2.74. The van der Waals surface area contributed by atoms with Gasteiger partial charge in [-0.15, -0.1) is 0 Å². The summed E-state index contributed by atoms with van der Waals surface area (Å²) in [5.41, 5.74) is 2.78. The van der Waals surface area contributed by atoms with Crippen molar-refractivity contribution in [2.75, 3.05) is 11.9 Å². The van der Waals surface area contributed by atoms with Gasteiger partial charge in [-0.1, -0.05) is 35.9 Å². The zero-order valence-electron chi connectivity index (χ0n) is 11.7. The van der Waals surface area contributed by atoms with Gasteiger partial charge >= 0.3 is 0 Å². The number of rotatable bonds is 2. The van der Waals surface area contributed by atoms with Gasteiger partial charge in [0.2, 0.25) is 5.91 Å². The van der Waals surface area contributed by atoms with Crippen LogP contribution in [-0.4, -0.2) is 12.5 Å². The summed E-state index contributed by atoms with van der Waals surface area (Å²) in [6.07, 6.45) is 0.686. The standard InChI is InChI=1S/C17H16ClNO2/c1-11-6-7-15(14(18)8-11)19-17(20)13-9-12-4-2-3-5-16(12)21-10-13/h2-8,13H,9-10H2,1H3,(H,19,20)/t13-/m0/s1. The van der Waals surface area contributed by atoms with Gasteiger partial charge in [0.1, 0.15) is 12.4 Å². The lowest BCUT2D eigenvalue weighted by Gasteiger charge is -2.24. The SMILES string of the molecule is Cc1ccc(NC(=O)[C@@H]2COc3ccccc3C2)c(Cl)c1. The normalized spacial score (nSPS) is 16.8. The molecule has 0 unspecified atom stereocenters. The summed E-state index contributed by atoms with van der Waals surface area (Å²) in [6, 6.07) is 13.4. The van der Waals surface area contributed by atoms with E-state index in [0.717, 1.165) is 16.9 Å². The van der Waals surface area contributed by atoms with Gasteiger partial charge in [0.15, 0.2) is 0 Å². The van der Waals surface area contributed by atoms with E-state index < -0.39 is 0 Å². The second-order valence-electron chi connectivity index (χ2n) is 5.29. The van der Waals surface area contributed by atoms with Gasteiger partial charge in [-0.25, -0.2) is 0 Å². The van der Waals surface area contributed by atoms with E-state index in [-0.39, 0.29) is 11.8 Å². The number of carbonyl (C=O) groups excluding carboxylic acids is 1. The molecule has 0 radical (unpaired) electrons. The van der Waals surface area contributed by atoms with Crippen molar-refractivity contribution in [3.63, 3.8) is 0 Å². The first kappa shape index (κ1) is 14.0. The molecule has 0 saturated carbocycles. The van der Waals surface area contributed by atoms with Gasteiger partial charge in [-0.3, -0.25) is 4.79 Å². The number of carbonyl (C=O) groups is 1. The first-order valence-corrected chi connectivity index (χ1v) is 7.29. The fraction of sp³-hybridized carbons (Fsp3) is 0.235. The lowest BCUT2D eigenvalue weighted by Crippen LogP contribution is -2.32. The molecule has 0 fully saturated rings. The third kappa shape index (κ3) is 3.03. The van der Waals surface area contributed by atoms with Crippen molar-refractivity contribution in [2.24, 2.45) is 5.92 Å². The number of para-hydroxylation sites is 1. The van der Waals surface area contributed by atoms with Crippen LogP contribution in [0, 0.1) is 12.8 Å². The molecule has 1 heterocycles. The van der Waals surface area contributed by atoms with Crippen LogP contribution in [-0.2, 0) is 11.2 Å². The van der Waals surface area contributed by atoms with Crippen molar-refractivity contribution >= 4 is 23.2 Å². The summed E-state index contributed by atoms with van der Waals surface area (Å²) in [6.45, 7) is 2.36. The van der Waals surface area contributed by atoms with Crippen molar-refractivity contribution in [3.05, 3.63) is 58.6 Å². The predicted molar refractivity (Wildman–Crippen MR) is 83.9 cm³/mol. The third-order valence-corrected chi connectivity index (χ3v) is 3.94. The molecule has 1 atom stereocenters. The van der Waals surface area contributed by atoms with E-state index in [4.69, 9.17) is 16.3 Å². The Kier molecular flexibility index (Phi) is 3.84. The van der Waals surface area contributed by atoms with Crippen molar-refractivity contribution in [2.45, 2.75) is 13.3 Å². The van der Waals surface area contributed by atoms with E-state index in [1.54, 1.807) is 0 Å².